The summed E-state index contributed by atoms with van der Waals surface area (Å²) >= 11 is 1.82. The van der Waals surface area contributed by atoms with Gasteiger partial charge >= 0.3 is 0 Å². The smallest absolute Gasteiger partial charge is 0.123 e. The molecule has 1 saturated heterocycles. The number of benzene rings is 2. The quantitative estimate of drug-likeness (QED) is 0.436. The minimum atomic E-state index is -1.21. The molecule has 1 aromatic heterocycles. The first-order chi connectivity index (χ1) is 14.9. The molecule has 1 unspecified atom stereocenters. The van der Waals surface area contributed by atoms with E-state index in [1.807, 2.05) is 25.2 Å². The van der Waals surface area contributed by atoms with Crippen molar-refractivity contribution >= 4 is 32.2 Å². The van der Waals surface area contributed by atoms with Crippen LogP contribution in [0.1, 0.15) is 32.3 Å². The van der Waals surface area contributed by atoms with Crippen LogP contribution in [-0.2, 0) is 22.0 Å². The molecule has 4 rings (SSSR count). The summed E-state index contributed by atoms with van der Waals surface area (Å²) < 4.78 is 33.9. The number of hydrogen-bond acceptors (Lipinski definition) is 4. The number of nitrogens with zero attached hydrogens (tertiary/aromatic N) is 1. The molecule has 166 valence electrons. The van der Waals surface area contributed by atoms with Crippen LogP contribution in [-0.4, -0.2) is 46.2 Å². The van der Waals surface area contributed by atoms with Gasteiger partial charge in [-0.2, -0.15) is 0 Å². The van der Waals surface area contributed by atoms with Crippen molar-refractivity contribution in [3.05, 3.63) is 65.3 Å². The highest BCUT2D eigenvalue weighted by Crippen LogP contribution is 2.31. The minimum absolute atomic E-state index is 0.0777. The van der Waals surface area contributed by atoms with Gasteiger partial charge in [-0.15, -0.1) is 11.3 Å². The average molecular weight is 460 g/mol. The molecule has 0 aliphatic carbocycles. The fraction of sp³-hybridized carbons (Fsp3) is 0.440. The van der Waals surface area contributed by atoms with E-state index in [1.54, 1.807) is 12.1 Å². The number of thiophene rings is 1. The summed E-state index contributed by atoms with van der Waals surface area (Å²) in [6.45, 7) is 6.98. The van der Waals surface area contributed by atoms with Crippen LogP contribution in [0.15, 0.2) is 58.8 Å². The summed E-state index contributed by atoms with van der Waals surface area (Å²) in [5, 5.41) is 3.66. The summed E-state index contributed by atoms with van der Waals surface area (Å²) in [4.78, 5) is 3.16. The van der Waals surface area contributed by atoms with Crippen molar-refractivity contribution < 1.29 is 13.3 Å². The average Bonchev–Trinajstić information content (AvgIpc) is 3.16. The van der Waals surface area contributed by atoms with Crippen LogP contribution in [0.3, 0.4) is 0 Å². The maximum Gasteiger partial charge on any atom is 0.123 e. The van der Waals surface area contributed by atoms with Gasteiger partial charge in [-0.1, -0.05) is 18.2 Å². The molecule has 3 aromatic rings. The Morgan fingerprint density at radius 3 is 2.55 bits per heavy atom. The Labute approximate surface area is 190 Å². The van der Waals surface area contributed by atoms with Gasteiger partial charge in [0.05, 0.1) is 28.3 Å². The lowest BCUT2D eigenvalue weighted by Gasteiger charge is -2.42. The van der Waals surface area contributed by atoms with Crippen molar-refractivity contribution in [1.29, 1.82) is 0 Å². The second-order valence-electron chi connectivity index (χ2n) is 8.64. The lowest BCUT2D eigenvalue weighted by molar-refractivity contribution is -0.0967. The molecule has 0 saturated carbocycles. The van der Waals surface area contributed by atoms with Crippen molar-refractivity contribution in [2.24, 2.45) is 0 Å². The Kier molecular flexibility index (Phi) is 7.22. The van der Waals surface area contributed by atoms with Crippen LogP contribution >= 0.6 is 11.3 Å². The Balaban J connectivity index is 1.37. The van der Waals surface area contributed by atoms with E-state index in [1.165, 1.54) is 27.8 Å². The number of likely N-dealkylation sites (tertiary alicyclic amines) is 1. The van der Waals surface area contributed by atoms with Crippen molar-refractivity contribution in [3.63, 3.8) is 0 Å². The number of ether oxygens (including phenoxy) is 1. The molecular weight excluding hydrogens is 429 g/mol. The molecular formula is C25H30FNO2S2. The Morgan fingerprint density at radius 1 is 1.13 bits per heavy atom. The molecule has 2 aromatic carbocycles. The van der Waals surface area contributed by atoms with Crippen molar-refractivity contribution in [2.75, 3.05) is 25.4 Å². The Hall–Kier alpha value is -1.60. The maximum atomic E-state index is 13.2. The summed E-state index contributed by atoms with van der Waals surface area (Å²) in [7, 11) is -1.21. The molecule has 2 heterocycles. The van der Waals surface area contributed by atoms with Crippen LogP contribution in [0, 0.1) is 5.82 Å². The van der Waals surface area contributed by atoms with Gasteiger partial charge in [0, 0.05) is 29.2 Å². The molecule has 0 radical (unpaired) electrons. The van der Waals surface area contributed by atoms with E-state index in [4.69, 9.17) is 4.74 Å². The standard InChI is InChI=1S/C25H30FNO2S2/c1-19(2)29-25(18-31(28)22-9-7-21(26)8-10-22)12-15-27(16-13-25)14-11-20-17-30-24-6-4-3-5-23(20)24/h3-10,17,19H,11-16,18H2,1-2H3. The number of halogens is 1. The van der Waals surface area contributed by atoms with E-state index in [0.29, 0.717) is 10.6 Å². The summed E-state index contributed by atoms with van der Waals surface area (Å²) in [6.07, 6.45) is 2.85. The normalized spacial score (nSPS) is 17.9. The minimum Gasteiger partial charge on any atom is -0.371 e. The second-order valence-corrected chi connectivity index (χ2v) is 11.0. The van der Waals surface area contributed by atoms with E-state index in [9.17, 15) is 8.60 Å². The molecule has 1 fully saturated rings. The molecule has 0 spiro atoms. The molecule has 3 nitrogen and oxygen atoms in total. The van der Waals surface area contributed by atoms with Crippen LogP contribution in [0.25, 0.3) is 10.1 Å². The highest BCUT2D eigenvalue weighted by atomic mass is 32.2. The van der Waals surface area contributed by atoms with Crippen molar-refractivity contribution in [2.45, 2.75) is 49.7 Å². The fourth-order valence-corrected chi connectivity index (χ4v) is 6.83. The second kappa shape index (κ2) is 9.90. The van der Waals surface area contributed by atoms with E-state index in [0.717, 1.165) is 38.9 Å². The zero-order chi connectivity index (χ0) is 21.8. The van der Waals surface area contributed by atoms with Crippen molar-refractivity contribution in [1.82, 2.24) is 4.90 Å². The predicted molar refractivity (Wildman–Crippen MR) is 128 cm³/mol. The van der Waals surface area contributed by atoms with Gasteiger partial charge in [0.2, 0.25) is 0 Å². The van der Waals surface area contributed by atoms with Gasteiger partial charge in [-0.25, -0.2) is 4.39 Å². The Bertz CT molecular complexity index is 1020. The molecule has 1 atom stereocenters. The van der Waals surface area contributed by atoms with Gasteiger partial charge in [0.15, 0.2) is 0 Å². The lowest BCUT2D eigenvalue weighted by atomic mass is 9.92. The first kappa shape index (κ1) is 22.6. The van der Waals surface area contributed by atoms with E-state index >= 15 is 0 Å². The zero-order valence-corrected chi connectivity index (χ0v) is 19.8. The fourth-order valence-electron chi connectivity index (χ4n) is 4.39. The van der Waals surface area contributed by atoms with Gasteiger partial charge in [0.1, 0.15) is 5.82 Å². The van der Waals surface area contributed by atoms with Crippen LogP contribution in [0.2, 0.25) is 0 Å². The molecule has 0 amide bonds. The molecule has 6 heteroatoms. The first-order valence-corrected chi connectivity index (χ1v) is 13.1. The number of piperidine rings is 1. The summed E-state index contributed by atoms with van der Waals surface area (Å²) in [6, 6.07) is 14.6. The topological polar surface area (TPSA) is 29.5 Å². The van der Waals surface area contributed by atoms with Crippen molar-refractivity contribution in [3.8, 4) is 0 Å². The molecule has 1 aliphatic heterocycles. The SMILES string of the molecule is CC(C)OC1(CS(=O)c2ccc(F)cc2)CCN(CCc2csc3ccccc23)CC1. The highest BCUT2D eigenvalue weighted by Gasteiger charge is 2.38. The number of hydrogen-bond donors (Lipinski definition) is 0. The monoisotopic (exact) mass is 459 g/mol. The number of fused-ring (bicyclic) bond motifs is 1. The first-order valence-electron chi connectivity index (χ1n) is 10.9. The van der Waals surface area contributed by atoms with Crippen LogP contribution in [0.4, 0.5) is 4.39 Å². The molecule has 0 N–H and O–H groups in total. The van der Waals surface area contributed by atoms with Crippen LogP contribution < -0.4 is 0 Å². The van der Waals surface area contributed by atoms with Gasteiger partial charge in [0.25, 0.3) is 0 Å². The summed E-state index contributed by atoms with van der Waals surface area (Å²) in [5.41, 5.74) is 1.03. The third-order valence-corrected chi connectivity index (χ3v) is 8.58. The number of rotatable bonds is 8. The van der Waals surface area contributed by atoms with Gasteiger partial charge < -0.3 is 9.64 Å². The van der Waals surface area contributed by atoms with Crippen LogP contribution in [0.5, 0.6) is 0 Å². The predicted octanol–water partition coefficient (Wildman–Crippen LogP) is 5.65. The largest absolute Gasteiger partial charge is 0.371 e. The zero-order valence-electron chi connectivity index (χ0n) is 18.2. The van der Waals surface area contributed by atoms with E-state index in [2.05, 4.69) is 34.5 Å². The van der Waals surface area contributed by atoms with Gasteiger partial charge in [-0.05, 0) is 79.8 Å². The van der Waals surface area contributed by atoms with E-state index < -0.39 is 10.8 Å². The third-order valence-electron chi connectivity index (χ3n) is 5.98. The highest BCUT2D eigenvalue weighted by molar-refractivity contribution is 7.85. The van der Waals surface area contributed by atoms with E-state index in [-0.39, 0.29) is 17.5 Å². The third kappa shape index (κ3) is 5.61. The molecule has 0 bridgehead atoms. The van der Waals surface area contributed by atoms with Gasteiger partial charge in [-0.3, -0.25) is 4.21 Å². The molecule has 1 aliphatic rings. The molecule has 31 heavy (non-hydrogen) atoms. The lowest BCUT2D eigenvalue weighted by Crippen LogP contribution is -2.50. The maximum absolute atomic E-state index is 13.2. The summed E-state index contributed by atoms with van der Waals surface area (Å²) in [5.74, 6) is 0.153. The Morgan fingerprint density at radius 2 is 1.84 bits per heavy atom.